The van der Waals surface area contributed by atoms with Gasteiger partial charge in [0.25, 0.3) is 5.56 Å². The van der Waals surface area contributed by atoms with Crippen molar-refractivity contribution in [1.82, 2.24) is 9.13 Å². The van der Waals surface area contributed by atoms with Crippen LogP contribution in [-0.4, -0.2) is 28.5 Å². The molecule has 34 heavy (non-hydrogen) atoms. The van der Waals surface area contributed by atoms with Gasteiger partial charge < -0.3 is 14.6 Å². The number of methoxy groups -OCH3 is 2. The lowest BCUT2D eigenvalue weighted by molar-refractivity contribution is 0.414. The number of rotatable bonds is 6. The Bertz CT molecular complexity index is 1500. The zero-order valence-electron chi connectivity index (χ0n) is 18.2. The van der Waals surface area contributed by atoms with Gasteiger partial charge in [-0.3, -0.25) is 13.9 Å². The highest BCUT2D eigenvalue weighted by Crippen LogP contribution is 2.33. The van der Waals surface area contributed by atoms with Crippen molar-refractivity contribution in [3.8, 4) is 28.8 Å². The SMILES string of the molecule is COc1ccc(-n2c(=O)c(N=Nc3ccccc3OC)c(O)n(-c3ccccc3Cl)c2=S)cc1. The number of ether oxygens (including phenoxy) is 2. The lowest BCUT2D eigenvalue weighted by Gasteiger charge is -2.17. The molecule has 0 unspecified atom stereocenters. The summed E-state index contributed by atoms with van der Waals surface area (Å²) in [5.41, 5.74) is 0.226. The molecule has 0 aliphatic heterocycles. The van der Waals surface area contributed by atoms with Gasteiger partial charge in [-0.1, -0.05) is 35.9 Å². The normalized spacial score (nSPS) is 11.0. The Morgan fingerprint density at radius 3 is 2.24 bits per heavy atom. The zero-order chi connectivity index (χ0) is 24.2. The van der Waals surface area contributed by atoms with Crippen molar-refractivity contribution in [3.63, 3.8) is 0 Å². The Labute approximate surface area is 204 Å². The zero-order valence-corrected chi connectivity index (χ0v) is 19.7. The molecule has 0 spiro atoms. The van der Waals surface area contributed by atoms with Crippen molar-refractivity contribution in [1.29, 1.82) is 0 Å². The van der Waals surface area contributed by atoms with Crippen LogP contribution in [0.5, 0.6) is 17.4 Å². The molecule has 3 aromatic carbocycles. The summed E-state index contributed by atoms with van der Waals surface area (Å²) in [7, 11) is 3.04. The molecule has 0 saturated heterocycles. The average Bonchev–Trinajstić information content (AvgIpc) is 2.85. The van der Waals surface area contributed by atoms with Crippen LogP contribution in [0.3, 0.4) is 0 Å². The molecule has 0 fully saturated rings. The van der Waals surface area contributed by atoms with Gasteiger partial charge >= 0.3 is 0 Å². The van der Waals surface area contributed by atoms with Gasteiger partial charge in [0.1, 0.15) is 17.2 Å². The van der Waals surface area contributed by atoms with Crippen LogP contribution in [0, 0.1) is 4.77 Å². The number of nitrogens with zero attached hydrogens (tertiary/aromatic N) is 4. The number of halogens is 1. The molecule has 0 bridgehead atoms. The summed E-state index contributed by atoms with van der Waals surface area (Å²) < 4.78 is 13.0. The summed E-state index contributed by atoms with van der Waals surface area (Å²) in [6.45, 7) is 0. The molecule has 0 atom stereocenters. The van der Waals surface area contributed by atoms with Gasteiger partial charge in [0, 0.05) is 0 Å². The summed E-state index contributed by atoms with van der Waals surface area (Å²) >= 11 is 12.0. The standard InChI is InChI=1S/C24H19ClN4O4S/c1-32-16-13-11-15(12-14-16)28-22(30)21(27-26-18-8-4-6-10-20(18)33-2)23(31)29(24(28)34)19-9-5-3-7-17(19)25/h3-14,31H,1-2H3. The molecule has 10 heteroatoms. The van der Waals surface area contributed by atoms with Gasteiger partial charge in [-0.25, -0.2) is 0 Å². The first-order valence-corrected chi connectivity index (χ1v) is 10.8. The van der Waals surface area contributed by atoms with Crippen molar-refractivity contribution in [2.45, 2.75) is 0 Å². The van der Waals surface area contributed by atoms with Crippen LogP contribution in [0.15, 0.2) is 87.8 Å². The van der Waals surface area contributed by atoms with Gasteiger partial charge in [0.15, 0.2) is 4.77 Å². The van der Waals surface area contributed by atoms with Crippen molar-refractivity contribution in [2.75, 3.05) is 14.2 Å². The lowest BCUT2D eigenvalue weighted by Crippen LogP contribution is -2.23. The number of aromatic nitrogens is 2. The van der Waals surface area contributed by atoms with Crippen LogP contribution < -0.4 is 15.0 Å². The second-order valence-electron chi connectivity index (χ2n) is 6.95. The summed E-state index contributed by atoms with van der Waals surface area (Å²) in [4.78, 5) is 13.5. The third-order valence-corrected chi connectivity index (χ3v) is 5.66. The van der Waals surface area contributed by atoms with E-state index in [1.165, 1.54) is 16.2 Å². The smallest absolute Gasteiger partial charge is 0.290 e. The molecule has 1 aromatic heterocycles. The number of hydrogen-bond acceptors (Lipinski definition) is 7. The fraction of sp³-hybridized carbons (Fsp3) is 0.0833. The van der Waals surface area contributed by atoms with Crippen molar-refractivity contribution in [2.24, 2.45) is 10.2 Å². The fourth-order valence-corrected chi connectivity index (χ4v) is 3.89. The molecule has 172 valence electrons. The van der Waals surface area contributed by atoms with Crippen LogP contribution in [0.2, 0.25) is 5.02 Å². The van der Waals surface area contributed by atoms with Gasteiger partial charge in [-0.2, -0.15) is 0 Å². The van der Waals surface area contributed by atoms with Gasteiger partial charge in [-0.05, 0) is 60.7 Å². The van der Waals surface area contributed by atoms with E-state index in [0.717, 1.165) is 0 Å². The van der Waals surface area contributed by atoms with Crippen LogP contribution in [0.25, 0.3) is 11.4 Å². The third kappa shape index (κ3) is 4.30. The number of hydrogen-bond donors (Lipinski definition) is 1. The van der Waals surface area contributed by atoms with Crippen LogP contribution in [0.4, 0.5) is 11.4 Å². The highest BCUT2D eigenvalue weighted by molar-refractivity contribution is 7.71. The number of benzene rings is 3. The molecule has 0 amide bonds. The minimum atomic E-state index is -0.658. The second kappa shape index (κ2) is 9.90. The summed E-state index contributed by atoms with van der Waals surface area (Å²) in [5, 5.41) is 19.7. The molecule has 8 nitrogen and oxygen atoms in total. The molecule has 1 heterocycles. The van der Waals surface area contributed by atoms with E-state index in [2.05, 4.69) is 10.2 Å². The first-order chi connectivity index (χ1) is 16.5. The molecule has 1 N–H and O–H groups in total. The summed E-state index contributed by atoms with van der Waals surface area (Å²) in [6.07, 6.45) is 0. The largest absolute Gasteiger partial charge is 0.497 e. The van der Waals surface area contributed by atoms with Crippen LogP contribution in [-0.2, 0) is 0 Å². The predicted octanol–water partition coefficient (Wildman–Crippen LogP) is 6.15. The van der Waals surface area contributed by atoms with Crippen LogP contribution >= 0.6 is 23.8 Å². The van der Waals surface area contributed by atoms with E-state index in [9.17, 15) is 9.90 Å². The minimum Gasteiger partial charge on any atom is -0.497 e. The summed E-state index contributed by atoms with van der Waals surface area (Å²) in [5.74, 6) is 0.572. The van der Waals surface area contributed by atoms with E-state index in [-0.39, 0.29) is 10.5 Å². The molecular formula is C24H19ClN4O4S. The van der Waals surface area contributed by atoms with Crippen molar-refractivity contribution >= 4 is 35.2 Å². The maximum absolute atomic E-state index is 13.5. The molecule has 0 aliphatic rings. The highest BCUT2D eigenvalue weighted by Gasteiger charge is 2.20. The Balaban J connectivity index is 2.02. The second-order valence-corrected chi connectivity index (χ2v) is 7.72. The van der Waals surface area contributed by atoms with Crippen molar-refractivity contribution < 1.29 is 14.6 Å². The van der Waals surface area contributed by atoms with Crippen molar-refractivity contribution in [3.05, 3.63) is 92.9 Å². The number of para-hydroxylation sites is 2. The van der Waals surface area contributed by atoms with Gasteiger partial charge in [0.2, 0.25) is 11.6 Å². The monoisotopic (exact) mass is 494 g/mol. The molecule has 0 saturated carbocycles. The quantitative estimate of drug-likeness (QED) is 0.256. The highest BCUT2D eigenvalue weighted by atomic mass is 35.5. The van der Waals surface area contributed by atoms with E-state index in [4.69, 9.17) is 33.3 Å². The third-order valence-electron chi connectivity index (χ3n) is 4.98. The molecule has 0 aliphatic carbocycles. The fourth-order valence-electron chi connectivity index (χ4n) is 3.30. The molecule has 0 radical (unpaired) electrons. The van der Waals surface area contributed by atoms with Gasteiger partial charge in [-0.15, -0.1) is 10.2 Å². The Morgan fingerprint density at radius 2 is 1.56 bits per heavy atom. The number of aromatic hydroxyl groups is 1. The maximum atomic E-state index is 13.5. The summed E-state index contributed by atoms with van der Waals surface area (Å²) in [6, 6.07) is 20.4. The Morgan fingerprint density at radius 1 is 0.882 bits per heavy atom. The van der Waals surface area contributed by atoms with Gasteiger partial charge in [0.05, 0.1) is 30.6 Å². The molecular weight excluding hydrogens is 476 g/mol. The van der Waals surface area contributed by atoms with E-state index in [1.54, 1.807) is 79.9 Å². The Kier molecular flexibility index (Phi) is 6.76. The number of azo groups is 1. The lowest BCUT2D eigenvalue weighted by atomic mass is 10.3. The first kappa shape index (κ1) is 23.2. The topological polar surface area (TPSA) is 90.3 Å². The predicted molar refractivity (Wildman–Crippen MR) is 133 cm³/mol. The first-order valence-electron chi connectivity index (χ1n) is 10.0. The van der Waals surface area contributed by atoms with E-state index in [0.29, 0.717) is 33.6 Å². The van der Waals surface area contributed by atoms with E-state index >= 15 is 0 Å². The minimum absolute atomic E-state index is 0.00277. The van der Waals surface area contributed by atoms with E-state index < -0.39 is 11.4 Å². The molecule has 4 rings (SSSR count). The Hall–Kier alpha value is -3.95. The van der Waals surface area contributed by atoms with E-state index in [1.807, 2.05) is 0 Å². The maximum Gasteiger partial charge on any atom is 0.290 e. The van der Waals surface area contributed by atoms with Crippen LogP contribution in [0.1, 0.15) is 0 Å². The molecule has 4 aromatic rings. The average molecular weight is 495 g/mol.